The summed E-state index contributed by atoms with van der Waals surface area (Å²) < 4.78 is 6.26. The molecule has 3 aromatic carbocycles. The van der Waals surface area contributed by atoms with Gasteiger partial charge in [0, 0.05) is 36.7 Å². The van der Waals surface area contributed by atoms with Crippen molar-refractivity contribution in [1.82, 2.24) is 0 Å². The van der Waals surface area contributed by atoms with Crippen LogP contribution in [0.25, 0.3) is 33.1 Å². The van der Waals surface area contributed by atoms with Crippen molar-refractivity contribution in [3.05, 3.63) is 59.6 Å². The van der Waals surface area contributed by atoms with Crippen molar-refractivity contribution in [2.24, 2.45) is 0 Å². The van der Waals surface area contributed by atoms with Gasteiger partial charge in [-0.1, -0.05) is 35.9 Å². The van der Waals surface area contributed by atoms with Gasteiger partial charge in [-0.05, 0) is 42.8 Å². The summed E-state index contributed by atoms with van der Waals surface area (Å²) in [5, 5.41) is 3.15. The van der Waals surface area contributed by atoms with E-state index in [0.717, 1.165) is 21.8 Å². The van der Waals surface area contributed by atoms with Gasteiger partial charge in [-0.3, -0.25) is 0 Å². The van der Waals surface area contributed by atoms with E-state index >= 15 is 0 Å². The lowest BCUT2D eigenvalue weighted by Crippen LogP contribution is -1.91. The van der Waals surface area contributed by atoms with E-state index < -0.39 is 10.0 Å². The average molecular weight is 339 g/mol. The van der Waals surface area contributed by atoms with Gasteiger partial charge in [-0.2, -0.15) is 10.0 Å². The molecule has 23 heavy (non-hydrogen) atoms. The van der Waals surface area contributed by atoms with Crippen LogP contribution in [0.4, 0.5) is 0 Å². The van der Waals surface area contributed by atoms with Gasteiger partial charge in [-0.15, -0.1) is 0 Å². The summed E-state index contributed by atoms with van der Waals surface area (Å²) in [5.41, 5.74) is 4.26. The molecular weight excluding hydrogens is 324 g/mol. The Morgan fingerprint density at radius 1 is 0.783 bits per heavy atom. The number of hydrogen-bond donors (Lipinski definition) is 0. The van der Waals surface area contributed by atoms with Crippen molar-refractivity contribution in [1.29, 1.82) is 0 Å². The van der Waals surface area contributed by atoms with Gasteiger partial charge in [0.25, 0.3) is 0 Å². The maximum absolute atomic E-state index is 6.60. The summed E-state index contributed by atoms with van der Waals surface area (Å²) in [7, 11) is -1.06. The monoisotopic (exact) mass is 338 g/mol. The smallest absolute Gasteiger partial charge is 0.144 e. The Labute approximate surface area is 141 Å². The summed E-state index contributed by atoms with van der Waals surface area (Å²) in [5.74, 6) is 0. The van der Waals surface area contributed by atoms with Gasteiger partial charge >= 0.3 is 0 Å². The van der Waals surface area contributed by atoms with Crippen LogP contribution < -0.4 is 0 Å². The zero-order valence-corrected chi connectivity index (χ0v) is 14.5. The molecule has 0 saturated heterocycles. The number of hydrogen-bond acceptors (Lipinski definition) is 1. The average Bonchev–Trinajstić information content (AvgIpc) is 3.02. The third-order valence-corrected chi connectivity index (χ3v) is 8.03. The number of fused-ring (bicyclic) bond motifs is 7. The highest BCUT2D eigenvalue weighted by atomic mass is 35.5. The molecule has 0 aliphatic carbocycles. The van der Waals surface area contributed by atoms with E-state index in [1.54, 1.807) is 0 Å². The minimum Gasteiger partial charge on any atom is -0.455 e. The zero-order valence-electron chi connectivity index (χ0n) is 12.9. The van der Waals surface area contributed by atoms with E-state index in [4.69, 9.17) is 16.0 Å². The first-order valence-corrected chi connectivity index (χ1v) is 10.4. The molecule has 0 atom stereocenters. The third-order valence-electron chi connectivity index (χ3n) is 4.83. The lowest BCUT2D eigenvalue weighted by Gasteiger charge is -2.27. The van der Waals surface area contributed by atoms with Crippen LogP contribution in [-0.4, -0.2) is 12.5 Å². The van der Waals surface area contributed by atoms with Crippen molar-refractivity contribution in [3.63, 3.8) is 0 Å². The van der Waals surface area contributed by atoms with Crippen LogP contribution in [0, 0.1) is 0 Å². The molecule has 1 aliphatic rings. The summed E-state index contributed by atoms with van der Waals surface area (Å²) in [4.78, 5) is 2.72. The van der Waals surface area contributed by atoms with Gasteiger partial charge in [0.1, 0.15) is 11.2 Å². The largest absolute Gasteiger partial charge is 0.455 e. The Kier molecular flexibility index (Phi) is 2.55. The molecule has 4 aromatic rings. The van der Waals surface area contributed by atoms with Crippen molar-refractivity contribution in [2.45, 2.75) is 9.79 Å². The normalized spacial score (nSPS) is 16.5. The second kappa shape index (κ2) is 4.34. The van der Waals surface area contributed by atoms with E-state index in [1.807, 2.05) is 18.2 Å². The molecule has 2 heterocycles. The first-order valence-electron chi connectivity index (χ1n) is 7.55. The number of halogens is 1. The Morgan fingerprint density at radius 2 is 1.57 bits per heavy atom. The van der Waals surface area contributed by atoms with Crippen LogP contribution in [0.5, 0.6) is 0 Å². The molecule has 0 radical (unpaired) electrons. The molecule has 114 valence electrons. The molecule has 1 aliphatic heterocycles. The van der Waals surface area contributed by atoms with E-state index in [-0.39, 0.29) is 0 Å². The predicted molar refractivity (Wildman–Crippen MR) is 100 cm³/mol. The van der Waals surface area contributed by atoms with E-state index in [9.17, 15) is 0 Å². The van der Waals surface area contributed by atoms with Crippen molar-refractivity contribution < 1.29 is 4.42 Å². The Morgan fingerprint density at radius 3 is 2.43 bits per heavy atom. The van der Waals surface area contributed by atoms with Crippen LogP contribution in [0.2, 0.25) is 5.02 Å². The Balaban J connectivity index is 2.03. The molecule has 0 saturated carbocycles. The molecule has 0 bridgehead atoms. The van der Waals surface area contributed by atoms with Crippen LogP contribution in [0.15, 0.2) is 68.8 Å². The first-order chi connectivity index (χ1) is 11.1. The number of furan rings is 1. The van der Waals surface area contributed by atoms with Gasteiger partial charge in [0.05, 0.1) is 0 Å². The molecule has 0 fully saturated rings. The summed E-state index contributed by atoms with van der Waals surface area (Å²) >= 11 is 6.60. The van der Waals surface area contributed by atoms with Crippen molar-refractivity contribution >= 4 is 43.6 Å². The summed E-state index contributed by atoms with van der Waals surface area (Å²) in [6.45, 7) is 0. The fourth-order valence-electron chi connectivity index (χ4n) is 3.72. The SMILES string of the molecule is CS1(C)c2cccc(Cl)c2-c2c1ccc1c2oc2ccccc21. The number of rotatable bonds is 0. The van der Waals surface area contributed by atoms with E-state index in [0.29, 0.717) is 0 Å². The predicted octanol–water partition coefficient (Wildman–Crippen LogP) is 6.70. The quantitative estimate of drug-likeness (QED) is 0.347. The third kappa shape index (κ3) is 1.60. The van der Waals surface area contributed by atoms with Gasteiger partial charge in [-0.25, -0.2) is 0 Å². The molecule has 0 spiro atoms. The molecule has 0 amide bonds. The van der Waals surface area contributed by atoms with Crippen molar-refractivity contribution in [3.8, 4) is 11.1 Å². The highest BCUT2D eigenvalue weighted by Gasteiger charge is 2.35. The zero-order chi connectivity index (χ0) is 15.8. The second-order valence-electron chi connectivity index (χ2n) is 6.35. The molecule has 0 unspecified atom stereocenters. The molecule has 1 aromatic heterocycles. The maximum atomic E-state index is 6.60. The van der Waals surface area contributed by atoms with Gasteiger partial charge in [0.2, 0.25) is 0 Å². The summed E-state index contributed by atoms with van der Waals surface area (Å²) in [6.07, 6.45) is 4.67. The molecule has 0 N–H and O–H groups in total. The van der Waals surface area contributed by atoms with Crippen LogP contribution in [-0.2, 0) is 0 Å². The molecular formula is C20H15ClOS. The van der Waals surface area contributed by atoms with Gasteiger partial charge < -0.3 is 4.42 Å². The summed E-state index contributed by atoms with van der Waals surface area (Å²) in [6, 6.07) is 18.9. The van der Waals surface area contributed by atoms with Crippen molar-refractivity contribution in [2.75, 3.05) is 12.5 Å². The van der Waals surface area contributed by atoms with E-state index in [2.05, 4.69) is 48.9 Å². The lowest BCUT2D eigenvalue weighted by atomic mass is 10.0. The fourth-order valence-corrected chi connectivity index (χ4v) is 6.54. The Hall–Kier alpha value is -1.90. The molecule has 1 nitrogen and oxygen atoms in total. The Bertz CT molecular complexity index is 1110. The highest BCUT2D eigenvalue weighted by Crippen LogP contribution is 2.69. The fraction of sp³-hybridized carbons (Fsp3) is 0.100. The van der Waals surface area contributed by atoms with Crippen LogP contribution in [0.1, 0.15) is 0 Å². The second-order valence-corrected chi connectivity index (χ2v) is 10.3. The highest BCUT2D eigenvalue weighted by molar-refractivity contribution is 8.33. The van der Waals surface area contributed by atoms with Crippen LogP contribution in [0.3, 0.4) is 0 Å². The lowest BCUT2D eigenvalue weighted by molar-refractivity contribution is 0.669. The maximum Gasteiger partial charge on any atom is 0.144 e. The van der Waals surface area contributed by atoms with Crippen LogP contribution >= 0.6 is 21.6 Å². The van der Waals surface area contributed by atoms with Gasteiger partial charge in [0.15, 0.2) is 0 Å². The minimum atomic E-state index is -1.06. The number of para-hydroxylation sites is 1. The molecule has 3 heteroatoms. The van der Waals surface area contributed by atoms with E-state index in [1.165, 1.54) is 26.1 Å². The molecule has 5 rings (SSSR count). The minimum absolute atomic E-state index is 0.815. The standard InChI is InChI=1S/C20H15ClOS/c1-23(2)16-9-5-7-14(21)18(16)19-17(23)11-10-13-12-6-3-4-8-15(12)22-20(13)19/h3-11H,1-2H3. The number of benzene rings is 3. The topological polar surface area (TPSA) is 13.1 Å². The first kappa shape index (κ1) is 13.5.